The molecule has 0 bridgehead atoms. The van der Waals surface area contributed by atoms with E-state index in [0.717, 1.165) is 0 Å². The van der Waals surface area contributed by atoms with Gasteiger partial charge < -0.3 is 4.74 Å². The topological polar surface area (TPSA) is 82.3 Å². The summed E-state index contributed by atoms with van der Waals surface area (Å²) in [5.41, 5.74) is 0.167. The van der Waals surface area contributed by atoms with Gasteiger partial charge in [0, 0.05) is 17.6 Å². The molecule has 0 fully saturated rings. The van der Waals surface area contributed by atoms with Gasteiger partial charge in [-0.2, -0.15) is 0 Å². The Morgan fingerprint density at radius 2 is 2.24 bits per heavy atom. The fourth-order valence-electron chi connectivity index (χ4n) is 1.53. The average molecular weight is 232 g/mol. The van der Waals surface area contributed by atoms with E-state index >= 15 is 0 Å². The van der Waals surface area contributed by atoms with Gasteiger partial charge >= 0.3 is 0 Å². The normalized spacial score (nSPS) is 10.1. The van der Waals surface area contributed by atoms with Crippen LogP contribution in [0.15, 0.2) is 30.5 Å². The summed E-state index contributed by atoms with van der Waals surface area (Å²) in [5, 5.41) is 11.3. The molecule has 2 rings (SSSR count). The summed E-state index contributed by atoms with van der Waals surface area (Å²) in [5.74, 6) is 0.408. The summed E-state index contributed by atoms with van der Waals surface area (Å²) in [6, 6.07) is 6.09. The molecule has 1 aromatic carbocycles. The van der Waals surface area contributed by atoms with Crippen molar-refractivity contribution in [3.63, 3.8) is 0 Å². The number of nitrogens with zero attached hydrogens (tertiary/aromatic N) is 2. The molecule has 6 heteroatoms. The maximum atomic E-state index is 10.8. The fourth-order valence-corrected chi connectivity index (χ4v) is 1.53. The van der Waals surface area contributed by atoms with Crippen LogP contribution in [0.1, 0.15) is 0 Å². The highest BCUT2D eigenvalue weighted by molar-refractivity contribution is 5.92. The smallest absolute Gasteiger partial charge is 0.295 e. The van der Waals surface area contributed by atoms with E-state index in [1.54, 1.807) is 12.1 Å². The van der Waals surface area contributed by atoms with Crippen molar-refractivity contribution < 1.29 is 14.5 Å². The molecule has 0 aliphatic rings. The zero-order chi connectivity index (χ0) is 12.3. The Balaban J connectivity index is 2.61. The predicted molar refractivity (Wildman–Crippen MR) is 60.0 cm³/mol. The molecule has 0 atom stereocenters. The van der Waals surface area contributed by atoms with Gasteiger partial charge in [-0.15, -0.1) is 0 Å². The van der Waals surface area contributed by atoms with Crippen LogP contribution < -0.4 is 4.74 Å². The minimum atomic E-state index is -0.501. The van der Waals surface area contributed by atoms with Crippen molar-refractivity contribution in [2.75, 3.05) is 6.61 Å². The molecule has 0 spiro atoms. The van der Waals surface area contributed by atoms with Crippen LogP contribution >= 0.6 is 0 Å². The molecule has 0 amide bonds. The Kier molecular flexibility index (Phi) is 2.95. The van der Waals surface area contributed by atoms with E-state index in [1.807, 2.05) is 0 Å². The quantitative estimate of drug-likeness (QED) is 0.455. The van der Waals surface area contributed by atoms with E-state index in [4.69, 9.17) is 4.74 Å². The minimum absolute atomic E-state index is 0.0842. The number of fused-ring (bicyclic) bond motifs is 1. The summed E-state index contributed by atoms with van der Waals surface area (Å²) in [7, 11) is 0. The highest BCUT2D eigenvalue weighted by Gasteiger charge is 2.15. The maximum absolute atomic E-state index is 10.8. The largest absolute Gasteiger partial charge is 0.485 e. The molecule has 1 aromatic heterocycles. The molecule has 0 N–H and O–H groups in total. The summed E-state index contributed by atoms with van der Waals surface area (Å²) in [6.45, 7) is -0.0954. The highest BCUT2D eigenvalue weighted by Crippen LogP contribution is 2.30. The monoisotopic (exact) mass is 232 g/mol. The van der Waals surface area contributed by atoms with E-state index in [0.29, 0.717) is 17.4 Å². The Morgan fingerprint density at radius 3 is 2.94 bits per heavy atom. The van der Waals surface area contributed by atoms with Gasteiger partial charge in [-0.25, -0.2) is 4.98 Å². The Morgan fingerprint density at radius 1 is 1.41 bits per heavy atom. The molecule has 2 aromatic rings. The lowest BCUT2D eigenvalue weighted by Crippen LogP contribution is -1.99. The second-order valence-corrected chi connectivity index (χ2v) is 3.22. The number of aromatic nitrogens is 1. The van der Waals surface area contributed by atoms with E-state index in [9.17, 15) is 14.9 Å². The minimum Gasteiger partial charge on any atom is -0.485 e. The van der Waals surface area contributed by atoms with Gasteiger partial charge in [-0.1, -0.05) is 0 Å². The van der Waals surface area contributed by atoms with Crippen LogP contribution in [0.5, 0.6) is 5.75 Å². The van der Waals surface area contributed by atoms with Crippen LogP contribution in [0.25, 0.3) is 10.9 Å². The lowest BCUT2D eigenvalue weighted by molar-refractivity contribution is -0.383. The first-order valence-electron chi connectivity index (χ1n) is 4.82. The van der Waals surface area contributed by atoms with Gasteiger partial charge in [-0.3, -0.25) is 14.9 Å². The lowest BCUT2D eigenvalue weighted by Gasteiger charge is -2.06. The summed E-state index contributed by atoms with van der Waals surface area (Å²) in [6.07, 6.45) is 2.09. The molecular formula is C11H8N2O4. The van der Waals surface area contributed by atoms with Crippen molar-refractivity contribution in [3.8, 4) is 5.75 Å². The standard InChI is InChI=1S/C11H8N2O4/c14-6-7-17-10-4-3-9(13(15)16)11-8(10)2-1-5-12-11/h1-6H,7H2. The van der Waals surface area contributed by atoms with Gasteiger partial charge in [0.2, 0.25) is 0 Å². The number of ether oxygens (including phenoxy) is 1. The molecule has 0 aliphatic heterocycles. The number of benzene rings is 1. The molecule has 1 heterocycles. The molecule has 0 saturated carbocycles. The first-order chi connectivity index (χ1) is 8.24. The summed E-state index contributed by atoms with van der Waals surface area (Å²) >= 11 is 0. The number of rotatable bonds is 4. The Labute approximate surface area is 96.0 Å². The maximum Gasteiger partial charge on any atom is 0.295 e. The van der Waals surface area contributed by atoms with Crippen molar-refractivity contribution in [2.24, 2.45) is 0 Å². The third-order valence-electron chi connectivity index (χ3n) is 2.21. The number of carbonyl (C=O) groups excluding carboxylic acids is 1. The molecule has 17 heavy (non-hydrogen) atoms. The number of nitro groups is 1. The van der Waals surface area contributed by atoms with E-state index in [2.05, 4.69) is 4.98 Å². The van der Waals surface area contributed by atoms with Gasteiger partial charge in [0.25, 0.3) is 5.69 Å². The molecule has 0 aliphatic carbocycles. The Bertz CT molecular complexity index is 583. The second kappa shape index (κ2) is 4.56. The van der Waals surface area contributed by atoms with Crippen LogP contribution in [-0.4, -0.2) is 22.8 Å². The number of hydrogen-bond donors (Lipinski definition) is 0. The zero-order valence-corrected chi connectivity index (χ0v) is 8.70. The third-order valence-corrected chi connectivity index (χ3v) is 2.21. The van der Waals surface area contributed by atoms with Crippen molar-refractivity contribution in [1.82, 2.24) is 4.98 Å². The molecule has 6 nitrogen and oxygen atoms in total. The first-order valence-corrected chi connectivity index (χ1v) is 4.82. The van der Waals surface area contributed by atoms with Gasteiger partial charge in [-0.05, 0) is 18.2 Å². The fraction of sp³-hybridized carbons (Fsp3) is 0.0909. The zero-order valence-electron chi connectivity index (χ0n) is 8.70. The number of nitro benzene ring substituents is 1. The molecular weight excluding hydrogens is 224 g/mol. The van der Waals surface area contributed by atoms with Crippen LogP contribution in [0.4, 0.5) is 5.69 Å². The van der Waals surface area contributed by atoms with Crippen LogP contribution in [0.2, 0.25) is 0 Å². The van der Waals surface area contributed by atoms with Crippen LogP contribution in [0, 0.1) is 10.1 Å². The average Bonchev–Trinajstić information content (AvgIpc) is 2.35. The number of carbonyl (C=O) groups is 1. The van der Waals surface area contributed by atoms with Crippen LogP contribution in [0.3, 0.4) is 0 Å². The number of pyridine rings is 1. The third kappa shape index (κ3) is 2.05. The van der Waals surface area contributed by atoms with Crippen molar-refractivity contribution in [3.05, 3.63) is 40.6 Å². The Hall–Kier alpha value is -2.50. The number of aldehydes is 1. The second-order valence-electron chi connectivity index (χ2n) is 3.22. The van der Waals surface area contributed by atoms with Crippen molar-refractivity contribution in [1.29, 1.82) is 0 Å². The number of non-ortho nitro benzene ring substituents is 1. The predicted octanol–water partition coefficient (Wildman–Crippen LogP) is 1.72. The van der Waals surface area contributed by atoms with Crippen LogP contribution in [-0.2, 0) is 4.79 Å². The first kappa shape index (κ1) is 11.0. The van der Waals surface area contributed by atoms with Gasteiger partial charge in [0.05, 0.1) is 4.92 Å². The van der Waals surface area contributed by atoms with Gasteiger partial charge in [0.15, 0.2) is 11.8 Å². The van der Waals surface area contributed by atoms with Crippen molar-refractivity contribution >= 4 is 22.9 Å². The molecule has 86 valence electrons. The lowest BCUT2D eigenvalue weighted by atomic mass is 10.2. The SMILES string of the molecule is O=CCOc1ccc([N+](=O)[O-])c2ncccc12. The van der Waals surface area contributed by atoms with E-state index in [1.165, 1.54) is 18.3 Å². The molecule has 0 radical (unpaired) electrons. The summed E-state index contributed by atoms with van der Waals surface area (Å²) < 4.78 is 5.17. The highest BCUT2D eigenvalue weighted by atomic mass is 16.6. The molecule has 0 unspecified atom stereocenters. The number of hydrogen-bond acceptors (Lipinski definition) is 5. The molecule has 0 saturated heterocycles. The summed E-state index contributed by atoms with van der Waals surface area (Å²) in [4.78, 5) is 24.5. The van der Waals surface area contributed by atoms with Gasteiger partial charge in [0.1, 0.15) is 12.4 Å². The van der Waals surface area contributed by atoms with E-state index in [-0.39, 0.29) is 17.8 Å². The van der Waals surface area contributed by atoms with E-state index < -0.39 is 4.92 Å². The van der Waals surface area contributed by atoms with Crippen molar-refractivity contribution in [2.45, 2.75) is 0 Å².